The molecule has 1 saturated heterocycles. The summed E-state index contributed by atoms with van der Waals surface area (Å²) in [5.74, 6) is -1.06. The molecule has 0 bridgehead atoms. The molecule has 64 valence electrons. The predicted octanol–water partition coefficient (Wildman–Crippen LogP) is 0.107. The van der Waals surface area contributed by atoms with Crippen LogP contribution in [0.3, 0.4) is 0 Å². The summed E-state index contributed by atoms with van der Waals surface area (Å²) < 4.78 is 17.9. The SMILES string of the molecule is COC(=O)[C@@]1(F)CNC[C@@H]1C. The molecule has 1 fully saturated rings. The highest BCUT2D eigenvalue weighted by molar-refractivity contribution is 5.80. The van der Waals surface area contributed by atoms with E-state index in [2.05, 4.69) is 10.1 Å². The lowest BCUT2D eigenvalue weighted by Crippen LogP contribution is -2.41. The van der Waals surface area contributed by atoms with Gasteiger partial charge in [-0.2, -0.15) is 0 Å². The van der Waals surface area contributed by atoms with E-state index in [9.17, 15) is 9.18 Å². The van der Waals surface area contributed by atoms with Crippen molar-refractivity contribution < 1.29 is 13.9 Å². The van der Waals surface area contributed by atoms with Crippen molar-refractivity contribution in [2.45, 2.75) is 12.6 Å². The van der Waals surface area contributed by atoms with Gasteiger partial charge in [-0.1, -0.05) is 6.92 Å². The van der Waals surface area contributed by atoms with Gasteiger partial charge in [0.2, 0.25) is 5.67 Å². The summed E-state index contributed by atoms with van der Waals surface area (Å²) in [6, 6.07) is 0. The Morgan fingerprint density at radius 2 is 2.45 bits per heavy atom. The Labute approximate surface area is 64.9 Å². The number of methoxy groups -OCH3 is 1. The zero-order valence-electron chi connectivity index (χ0n) is 6.69. The Bertz CT molecular complexity index is 174. The first-order chi connectivity index (χ1) is 5.11. The molecule has 3 nitrogen and oxygen atoms in total. The van der Waals surface area contributed by atoms with Gasteiger partial charge in [0, 0.05) is 19.0 Å². The molecule has 2 atom stereocenters. The third-order valence-electron chi connectivity index (χ3n) is 2.14. The van der Waals surface area contributed by atoms with E-state index in [0.29, 0.717) is 6.54 Å². The van der Waals surface area contributed by atoms with Gasteiger partial charge in [-0.15, -0.1) is 0 Å². The van der Waals surface area contributed by atoms with Crippen molar-refractivity contribution in [1.82, 2.24) is 5.32 Å². The minimum absolute atomic E-state index is 0.0703. The van der Waals surface area contributed by atoms with Crippen molar-refractivity contribution >= 4 is 5.97 Å². The number of hydrogen-bond acceptors (Lipinski definition) is 3. The number of hydrogen-bond donors (Lipinski definition) is 1. The molecule has 0 aliphatic carbocycles. The van der Waals surface area contributed by atoms with Crippen LogP contribution in [0, 0.1) is 5.92 Å². The Morgan fingerprint density at radius 3 is 2.82 bits per heavy atom. The fourth-order valence-corrected chi connectivity index (χ4v) is 1.25. The lowest BCUT2D eigenvalue weighted by molar-refractivity contribution is -0.155. The minimum atomic E-state index is -1.81. The second kappa shape index (κ2) is 2.77. The zero-order valence-corrected chi connectivity index (χ0v) is 6.69. The van der Waals surface area contributed by atoms with Crippen molar-refractivity contribution in [2.75, 3.05) is 20.2 Å². The Morgan fingerprint density at radius 1 is 1.82 bits per heavy atom. The van der Waals surface area contributed by atoms with Gasteiger partial charge < -0.3 is 10.1 Å². The van der Waals surface area contributed by atoms with E-state index in [4.69, 9.17) is 0 Å². The molecule has 0 radical (unpaired) electrons. The van der Waals surface area contributed by atoms with Crippen LogP contribution < -0.4 is 5.32 Å². The standard InChI is InChI=1S/C7H12FNO2/c1-5-3-9-4-7(5,8)6(10)11-2/h5,9H,3-4H2,1-2H3/t5-,7+/m0/s1. The lowest BCUT2D eigenvalue weighted by atomic mass is 9.95. The quantitative estimate of drug-likeness (QED) is 0.554. The number of rotatable bonds is 1. The van der Waals surface area contributed by atoms with Gasteiger partial charge >= 0.3 is 5.97 Å². The third-order valence-corrected chi connectivity index (χ3v) is 2.14. The lowest BCUT2D eigenvalue weighted by Gasteiger charge is -2.19. The molecule has 1 aliphatic heterocycles. The number of alkyl halides is 1. The molecule has 11 heavy (non-hydrogen) atoms. The predicted molar refractivity (Wildman–Crippen MR) is 37.9 cm³/mol. The molecule has 0 amide bonds. The van der Waals surface area contributed by atoms with E-state index < -0.39 is 11.6 Å². The Hall–Kier alpha value is -0.640. The molecule has 0 spiro atoms. The molecule has 0 saturated carbocycles. The van der Waals surface area contributed by atoms with Crippen LogP contribution in [0.15, 0.2) is 0 Å². The maximum atomic E-state index is 13.6. The largest absolute Gasteiger partial charge is 0.467 e. The molecule has 0 unspecified atom stereocenters. The molecule has 0 aromatic heterocycles. The number of carbonyl (C=O) groups excluding carboxylic acids is 1. The van der Waals surface area contributed by atoms with Crippen LogP contribution in [-0.2, 0) is 9.53 Å². The van der Waals surface area contributed by atoms with Crippen molar-refractivity contribution in [3.63, 3.8) is 0 Å². The molecule has 0 aromatic carbocycles. The van der Waals surface area contributed by atoms with Crippen LogP contribution in [0.4, 0.5) is 4.39 Å². The van der Waals surface area contributed by atoms with Gasteiger partial charge in [0.25, 0.3) is 0 Å². The van der Waals surface area contributed by atoms with Gasteiger partial charge in [-0.3, -0.25) is 0 Å². The summed E-state index contributed by atoms with van der Waals surface area (Å²) in [4.78, 5) is 10.9. The number of halogens is 1. The van der Waals surface area contributed by atoms with E-state index in [-0.39, 0.29) is 12.5 Å². The van der Waals surface area contributed by atoms with E-state index in [1.165, 1.54) is 7.11 Å². The topological polar surface area (TPSA) is 38.3 Å². The number of ether oxygens (including phenoxy) is 1. The van der Waals surface area contributed by atoms with E-state index in [0.717, 1.165) is 0 Å². The van der Waals surface area contributed by atoms with Crippen LogP contribution in [-0.4, -0.2) is 31.8 Å². The third kappa shape index (κ3) is 1.22. The molecule has 0 aromatic rings. The number of carbonyl (C=O) groups is 1. The summed E-state index contributed by atoms with van der Waals surface area (Å²) in [5, 5.41) is 2.80. The normalized spacial score (nSPS) is 37.2. The smallest absolute Gasteiger partial charge is 0.345 e. The number of esters is 1. The fourth-order valence-electron chi connectivity index (χ4n) is 1.25. The fraction of sp³-hybridized carbons (Fsp3) is 0.857. The van der Waals surface area contributed by atoms with Gasteiger partial charge in [-0.05, 0) is 0 Å². The second-order valence-electron chi connectivity index (χ2n) is 2.89. The molecule has 1 N–H and O–H groups in total. The molecular weight excluding hydrogens is 149 g/mol. The molecule has 1 heterocycles. The average Bonchev–Trinajstić information content (AvgIpc) is 2.32. The maximum absolute atomic E-state index is 13.6. The van der Waals surface area contributed by atoms with Crippen molar-refractivity contribution in [2.24, 2.45) is 5.92 Å². The Kier molecular flexibility index (Phi) is 2.13. The van der Waals surface area contributed by atoms with E-state index >= 15 is 0 Å². The second-order valence-corrected chi connectivity index (χ2v) is 2.89. The molecule has 1 rings (SSSR count). The van der Waals surface area contributed by atoms with Gasteiger partial charge in [0.1, 0.15) is 0 Å². The van der Waals surface area contributed by atoms with Crippen LogP contribution in [0.5, 0.6) is 0 Å². The zero-order chi connectivity index (χ0) is 8.48. The Balaban J connectivity index is 2.72. The van der Waals surface area contributed by atoms with Crippen LogP contribution >= 0.6 is 0 Å². The first-order valence-corrected chi connectivity index (χ1v) is 3.59. The summed E-state index contributed by atoms with van der Waals surface area (Å²) in [6.45, 7) is 2.30. The van der Waals surface area contributed by atoms with Gasteiger partial charge in [0.15, 0.2) is 0 Å². The van der Waals surface area contributed by atoms with Crippen LogP contribution in [0.2, 0.25) is 0 Å². The average molecular weight is 161 g/mol. The highest BCUT2D eigenvalue weighted by Crippen LogP contribution is 2.27. The van der Waals surface area contributed by atoms with Crippen molar-refractivity contribution in [3.05, 3.63) is 0 Å². The highest BCUT2D eigenvalue weighted by atomic mass is 19.1. The van der Waals surface area contributed by atoms with Crippen LogP contribution in [0.25, 0.3) is 0 Å². The summed E-state index contributed by atoms with van der Waals surface area (Å²) in [5.41, 5.74) is -1.81. The van der Waals surface area contributed by atoms with Gasteiger partial charge in [0.05, 0.1) is 7.11 Å². The van der Waals surface area contributed by atoms with Gasteiger partial charge in [-0.25, -0.2) is 9.18 Å². The van der Waals surface area contributed by atoms with Crippen molar-refractivity contribution in [1.29, 1.82) is 0 Å². The maximum Gasteiger partial charge on any atom is 0.345 e. The van der Waals surface area contributed by atoms with Crippen LogP contribution in [0.1, 0.15) is 6.92 Å². The summed E-state index contributed by atoms with van der Waals surface area (Å²) in [7, 11) is 1.20. The summed E-state index contributed by atoms with van der Waals surface area (Å²) >= 11 is 0. The van der Waals surface area contributed by atoms with E-state index in [1.54, 1.807) is 6.92 Å². The summed E-state index contributed by atoms with van der Waals surface area (Å²) in [6.07, 6.45) is 0. The minimum Gasteiger partial charge on any atom is -0.467 e. The molecule has 1 aliphatic rings. The monoisotopic (exact) mass is 161 g/mol. The molecule has 4 heteroatoms. The van der Waals surface area contributed by atoms with E-state index in [1.807, 2.05) is 0 Å². The van der Waals surface area contributed by atoms with Crippen molar-refractivity contribution in [3.8, 4) is 0 Å². The molecular formula is C7H12FNO2. The first-order valence-electron chi connectivity index (χ1n) is 3.59. The number of nitrogens with one attached hydrogen (secondary N) is 1. The highest BCUT2D eigenvalue weighted by Gasteiger charge is 2.48. The first kappa shape index (κ1) is 8.46.